The Morgan fingerprint density at radius 2 is 1.07 bits per heavy atom. The first kappa shape index (κ1) is 48.4. The largest absolute Gasteiger partial charge is 0.490 e. The van der Waals surface area contributed by atoms with Gasteiger partial charge in [-0.1, -0.05) is 81.6 Å². The predicted octanol–water partition coefficient (Wildman–Crippen LogP) is 10.6. The maximum atomic E-state index is 12.7. The number of carbonyl (C=O) groups excluding carboxylic acids is 2. The highest BCUT2D eigenvalue weighted by Gasteiger charge is 2.38. The Balaban J connectivity index is 1.08. The minimum absolute atomic E-state index is 0.0311. The lowest BCUT2D eigenvalue weighted by Crippen LogP contribution is -2.31. The lowest BCUT2D eigenvalue weighted by Gasteiger charge is -2.36. The second kappa shape index (κ2) is 20.9. The van der Waals surface area contributed by atoms with Crippen LogP contribution in [0.3, 0.4) is 0 Å². The highest BCUT2D eigenvalue weighted by atomic mass is 16.6. The number of fused-ring (bicyclic) bond motifs is 2. The second-order valence-electron chi connectivity index (χ2n) is 17.7. The van der Waals surface area contributed by atoms with Crippen LogP contribution >= 0.6 is 0 Å². The lowest BCUT2D eigenvalue weighted by molar-refractivity contribution is -0.147. The molecule has 67 heavy (non-hydrogen) atoms. The van der Waals surface area contributed by atoms with Gasteiger partial charge in [0.2, 0.25) is 0 Å². The number of rotatable bonds is 21. The van der Waals surface area contributed by atoms with Gasteiger partial charge in [-0.3, -0.25) is 0 Å². The highest BCUT2D eigenvalue weighted by molar-refractivity contribution is 5.81. The molecule has 0 aromatic heterocycles. The van der Waals surface area contributed by atoms with E-state index in [-0.39, 0.29) is 43.9 Å². The molecule has 4 unspecified atom stereocenters. The van der Waals surface area contributed by atoms with Gasteiger partial charge in [0.15, 0.2) is 12.2 Å². The number of benzene rings is 5. The third kappa shape index (κ3) is 10.7. The highest BCUT2D eigenvalue weighted by Crippen LogP contribution is 2.56. The van der Waals surface area contributed by atoms with E-state index in [1.807, 2.05) is 61.5 Å². The van der Waals surface area contributed by atoms with Gasteiger partial charge in [0.1, 0.15) is 67.0 Å². The van der Waals surface area contributed by atoms with Crippen LogP contribution in [0.15, 0.2) is 104 Å². The average Bonchev–Trinajstić information content (AvgIpc) is 4.18. The molecule has 0 bridgehead atoms. The van der Waals surface area contributed by atoms with Crippen LogP contribution in [0.5, 0.6) is 34.5 Å². The van der Waals surface area contributed by atoms with E-state index in [1.54, 1.807) is 0 Å². The van der Waals surface area contributed by atoms with Crippen molar-refractivity contribution in [2.75, 3.05) is 46.8 Å². The molecule has 4 atom stereocenters. The summed E-state index contributed by atoms with van der Waals surface area (Å²) in [7, 11) is 1.54. The van der Waals surface area contributed by atoms with Gasteiger partial charge in [-0.2, -0.15) is 0 Å². The summed E-state index contributed by atoms with van der Waals surface area (Å²) in [5, 5.41) is 0. The van der Waals surface area contributed by atoms with Gasteiger partial charge in [-0.15, -0.1) is 0 Å². The Bertz CT molecular complexity index is 2590. The molecule has 1 fully saturated rings. The van der Waals surface area contributed by atoms with Crippen LogP contribution < -0.4 is 23.7 Å². The summed E-state index contributed by atoms with van der Waals surface area (Å²) in [6.45, 7) is 25.5. The SMILES string of the molecule is C=CC(=O)OC(COC)COc1ccc(C(C)(C)c2ccc(OCC(COc3c(C)c(C)c4c(c3C)C(c3ccccc3)c3c(C)c(OCC5CO5)c(C)c(C)c3O4)OC(=O)C=C)cc2)cc1. The van der Waals surface area contributed by atoms with Gasteiger partial charge in [-0.05, 0) is 116 Å². The first-order valence-corrected chi connectivity index (χ1v) is 22.7. The maximum Gasteiger partial charge on any atom is 0.330 e. The second-order valence-corrected chi connectivity index (χ2v) is 17.7. The number of hydrogen-bond donors (Lipinski definition) is 0. The maximum absolute atomic E-state index is 12.7. The molecule has 352 valence electrons. The number of methoxy groups -OCH3 is 1. The summed E-state index contributed by atoms with van der Waals surface area (Å²) < 4.78 is 54.1. The van der Waals surface area contributed by atoms with E-state index in [2.05, 4.69) is 85.9 Å². The van der Waals surface area contributed by atoms with Crippen LogP contribution in [0.4, 0.5) is 0 Å². The topological polar surface area (TPSA) is 121 Å². The van der Waals surface area contributed by atoms with Crippen molar-refractivity contribution in [3.8, 4) is 34.5 Å². The van der Waals surface area contributed by atoms with Crippen LogP contribution in [-0.2, 0) is 34.0 Å². The Hall–Kier alpha value is -6.56. The first-order chi connectivity index (χ1) is 32.2. The minimum atomic E-state index is -0.763. The fourth-order valence-corrected chi connectivity index (χ4v) is 8.69. The van der Waals surface area contributed by atoms with Crippen molar-refractivity contribution in [3.63, 3.8) is 0 Å². The summed E-state index contributed by atoms with van der Waals surface area (Å²) in [6, 6.07) is 26.2. The monoisotopic (exact) mass is 910 g/mol. The van der Waals surface area contributed by atoms with E-state index < -0.39 is 24.1 Å². The molecule has 2 aliphatic rings. The molecule has 0 radical (unpaired) electrons. The van der Waals surface area contributed by atoms with Crippen molar-refractivity contribution in [1.82, 2.24) is 0 Å². The third-order valence-corrected chi connectivity index (χ3v) is 12.9. The molecule has 11 nitrogen and oxygen atoms in total. The van der Waals surface area contributed by atoms with Crippen molar-refractivity contribution in [1.29, 1.82) is 0 Å². The summed E-state index contributed by atoms with van der Waals surface area (Å²) in [5.41, 5.74) is 10.9. The number of esters is 2. The third-order valence-electron chi connectivity index (χ3n) is 12.9. The number of carbonyl (C=O) groups is 2. The van der Waals surface area contributed by atoms with Crippen molar-refractivity contribution in [2.45, 2.75) is 85.0 Å². The zero-order valence-corrected chi connectivity index (χ0v) is 40.1. The Morgan fingerprint density at radius 1 is 0.627 bits per heavy atom. The average molecular weight is 911 g/mol. The van der Waals surface area contributed by atoms with Gasteiger partial charge in [-0.25, -0.2) is 9.59 Å². The summed E-state index contributed by atoms with van der Waals surface area (Å²) >= 11 is 0. The summed E-state index contributed by atoms with van der Waals surface area (Å²) in [4.78, 5) is 24.4. The van der Waals surface area contributed by atoms with Crippen LogP contribution in [-0.4, -0.2) is 77.0 Å². The van der Waals surface area contributed by atoms with Crippen molar-refractivity contribution in [2.24, 2.45) is 0 Å². The Labute approximate surface area is 394 Å². The van der Waals surface area contributed by atoms with Crippen molar-refractivity contribution < 1.29 is 52.2 Å². The quantitative estimate of drug-likeness (QED) is 0.0390. The number of ether oxygens (including phenoxy) is 9. The van der Waals surface area contributed by atoms with E-state index in [1.165, 1.54) is 7.11 Å². The van der Waals surface area contributed by atoms with E-state index >= 15 is 0 Å². The molecule has 7 rings (SSSR count). The van der Waals surface area contributed by atoms with Gasteiger partial charge >= 0.3 is 11.9 Å². The molecule has 0 saturated carbocycles. The van der Waals surface area contributed by atoms with Crippen molar-refractivity contribution in [3.05, 3.63) is 165 Å². The van der Waals surface area contributed by atoms with E-state index in [9.17, 15) is 9.59 Å². The molecule has 2 heterocycles. The lowest BCUT2D eigenvalue weighted by atomic mass is 9.76. The molecule has 0 spiro atoms. The van der Waals surface area contributed by atoms with Gasteiger partial charge in [0.05, 0.1) is 13.2 Å². The Kier molecular flexibility index (Phi) is 15.1. The number of hydrogen-bond acceptors (Lipinski definition) is 11. The molecule has 0 aliphatic carbocycles. The molecule has 11 heteroatoms. The molecule has 0 amide bonds. The van der Waals surface area contributed by atoms with E-state index in [0.717, 1.165) is 90.6 Å². The van der Waals surface area contributed by atoms with E-state index in [4.69, 9.17) is 42.6 Å². The smallest absolute Gasteiger partial charge is 0.330 e. The molecule has 5 aromatic carbocycles. The zero-order valence-electron chi connectivity index (χ0n) is 40.1. The van der Waals surface area contributed by atoms with Crippen LogP contribution in [0.1, 0.15) is 81.0 Å². The molecule has 0 N–H and O–H groups in total. The van der Waals surface area contributed by atoms with Crippen LogP contribution in [0, 0.1) is 41.5 Å². The summed E-state index contributed by atoms with van der Waals surface area (Å²) in [6.07, 6.45) is 1.04. The summed E-state index contributed by atoms with van der Waals surface area (Å²) in [5.74, 6) is 3.19. The predicted molar refractivity (Wildman–Crippen MR) is 258 cm³/mol. The van der Waals surface area contributed by atoms with Crippen LogP contribution in [0.25, 0.3) is 0 Å². The van der Waals surface area contributed by atoms with Gasteiger partial charge in [0.25, 0.3) is 0 Å². The standard InChI is InChI=1S/C56H62O11/c1-12-47(57)65-45(27-59-11)30-60-42-23-19-40(20-24-42)56(9,10)41-21-25-43(26-22-41)61-31-46(66-48(58)13-2)32-64-53-34(4)36(6)55-50(38(53)8)51(39-17-15-14-16-18-39)49-37(7)52(63-29-44-28-62-44)33(3)35(5)54(49)67-55/h12-26,44-46,51H,1-2,27-32H2,3-11H3. The fourth-order valence-electron chi connectivity index (χ4n) is 8.69. The molecular weight excluding hydrogens is 849 g/mol. The minimum Gasteiger partial charge on any atom is -0.490 e. The Morgan fingerprint density at radius 3 is 1.52 bits per heavy atom. The zero-order chi connectivity index (χ0) is 48.0. The van der Waals surface area contributed by atoms with Gasteiger partial charge < -0.3 is 42.6 Å². The molecule has 1 saturated heterocycles. The fraction of sp³-hybridized carbons (Fsp3) is 0.357. The van der Waals surface area contributed by atoms with Crippen LogP contribution in [0.2, 0.25) is 0 Å². The number of epoxide rings is 1. The first-order valence-electron chi connectivity index (χ1n) is 22.7. The molecule has 5 aromatic rings. The molecular formula is C56H62O11. The van der Waals surface area contributed by atoms with Crippen molar-refractivity contribution >= 4 is 11.9 Å². The molecule has 2 aliphatic heterocycles. The normalized spacial score (nSPS) is 15.7. The van der Waals surface area contributed by atoms with E-state index in [0.29, 0.717) is 30.5 Å². The van der Waals surface area contributed by atoms with Gasteiger partial charge in [0, 0.05) is 41.7 Å².